The number of methoxy groups -OCH3 is 1. The van der Waals surface area contributed by atoms with Crippen molar-refractivity contribution in [1.29, 1.82) is 5.26 Å². The largest absolute Gasteiger partial charge is 0.465 e. The minimum absolute atomic E-state index is 0.0551. The fourth-order valence-corrected chi connectivity index (χ4v) is 4.62. The highest BCUT2D eigenvalue weighted by molar-refractivity contribution is 5.96. The SMILES string of the molecule is COC(=O)c1cnc(Nc2cnc(C#N)cn2)cc1N[C@H]1CC2CC[C@H](C1)N2C(=O)OC(C)(C)C. The first-order valence-corrected chi connectivity index (χ1v) is 11.5. The lowest BCUT2D eigenvalue weighted by Gasteiger charge is -2.40. The number of amides is 1. The van der Waals surface area contributed by atoms with Crippen molar-refractivity contribution < 1.29 is 19.1 Å². The third kappa shape index (κ3) is 5.59. The molecule has 11 nitrogen and oxygen atoms in total. The molecule has 0 spiro atoms. The zero-order chi connectivity index (χ0) is 25.2. The summed E-state index contributed by atoms with van der Waals surface area (Å²) >= 11 is 0. The number of nitrogens with one attached hydrogen (secondary N) is 2. The van der Waals surface area contributed by atoms with Crippen molar-refractivity contribution in [3.63, 3.8) is 0 Å². The molecule has 184 valence electrons. The predicted octanol–water partition coefficient (Wildman–Crippen LogP) is 3.62. The van der Waals surface area contributed by atoms with Crippen LogP contribution < -0.4 is 10.6 Å². The molecule has 11 heteroatoms. The summed E-state index contributed by atoms with van der Waals surface area (Å²) < 4.78 is 10.6. The number of hydrogen-bond acceptors (Lipinski definition) is 10. The molecule has 0 radical (unpaired) electrons. The molecule has 1 amide bonds. The fraction of sp³-hybridized carbons (Fsp3) is 0.500. The summed E-state index contributed by atoms with van der Waals surface area (Å²) in [6, 6.07) is 3.85. The van der Waals surface area contributed by atoms with E-state index in [0.29, 0.717) is 22.9 Å². The standard InChI is InChI=1S/C24H29N7O4/c1-24(2,3)35-23(33)31-16-5-6-17(31)8-14(7-16)29-19-9-20(28-12-18(19)22(32)34-4)30-21-13-26-15(10-25)11-27-21/h9,11-14,16-17H,5-8H2,1-4H3,(H2,27,28,29,30)/t14-,16-,17?/m1/s1. The van der Waals surface area contributed by atoms with Crippen LogP contribution in [0.5, 0.6) is 0 Å². The van der Waals surface area contributed by atoms with Crippen LogP contribution in [-0.2, 0) is 9.47 Å². The van der Waals surface area contributed by atoms with E-state index in [0.717, 1.165) is 25.7 Å². The third-order valence-electron chi connectivity index (χ3n) is 6.03. The second-order valence-electron chi connectivity index (χ2n) is 9.72. The van der Waals surface area contributed by atoms with Crippen LogP contribution in [0.3, 0.4) is 0 Å². The summed E-state index contributed by atoms with van der Waals surface area (Å²) in [7, 11) is 1.32. The van der Waals surface area contributed by atoms with Crippen LogP contribution >= 0.6 is 0 Å². The number of rotatable bonds is 5. The van der Waals surface area contributed by atoms with Gasteiger partial charge in [-0.2, -0.15) is 5.26 Å². The van der Waals surface area contributed by atoms with Crippen molar-refractivity contribution in [2.75, 3.05) is 17.7 Å². The minimum Gasteiger partial charge on any atom is -0.465 e. The number of esters is 1. The van der Waals surface area contributed by atoms with E-state index in [-0.39, 0.29) is 29.9 Å². The Hall–Kier alpha value is -3.94. The van der Waals surface area contributed by atoms with Crippen molar-refractivity contribution in [1.82, 2.24) is 19.9 Å². The van der Waals surface area contributed by atoms with Crippen molar-refractivity contribution in [2.24, 2.45) is 0 Å². The van der Waals surface area contributed by atoms with E-state index in [4.69, 9.17) is 14.7 Å². The first-order chi connectivity index (χ1) is 16.7. The maximum absolute atomic E-state index is 12.8. The van der Waals surface area contributed by atoms with Crippen LogP contribution in [0.2, 0.25) is 0 Å². The molecule has 2 aliphatic heterocycles. The Labute approximate surface area is 203 Å². The maximum atomic E-state index is 12.8. The van der Waals surface area contributed by atoms with Gasteiger partial charge in [-0.1, -0.05) is 0 Å². The number of carbonyl (C=O) groups is 2. The molecule has 2 bridgehead atoms. The molecule has 1 unspecified atom stereocenters. The van der Waals surface area contributed by atoms with Gasteiger partial charge in [0.1, 0.15) is 28.9 Å². The van der Waals surface area contributed by atoms with Crippen molar-refractivity contribution in [3.8, 4) is 6.07 Å². The number of carbonyl (C=O) groups excluding carboxylic acids is 2. The van der Waals surface area contributed by atoms with Gasteiger partial charge in [-0.25, -0.2) is 24.5 Å². The number of pyridine rings is 1. The summed E-state index contributed by atoms with van der Waals surface area (Å²) in [5.74, 6) is 0.365. The fourth-order valence-electron chi connectivity index (χ4n) is 4.62. The molecule has 2 fully saturated rings. The van der Waals surface area contributed by atoms with Gasteiger partial charge in [-0.3, -0.25) is 0 Å². The molecule has 2 aliphatic rings. The second-order valence-corrected chi connectivity index (χ2v) is 9.72. The Morgan fingerprint density at radius 2 is 1.77 bits per heavy atom. The number of nitrogens with zero attached hydrogens (tertiary/aromatic N) is 5. The lowest BCUT2D eigenvalue weighted by Crippen LogP contribution is -2.51. The van der Waals surface area contributed by atoms with Gasteiger partial charge >= 0.3 is 12.1 Å². The lowest BCUT2D eigenvalue weighted by molar-refractivity contribution is 0.00683. The Balaban J connectivity index is 1.51. The van der Waals surface area contributed by atoms with Crippen LogP contribution in [0.4, 0.5) is 22.1 Å². The Kier molecular flexibility index (Phi) is 6.73. The lowest BCUT2D eigenvalue weighted by atomic mass is 9.97. The van der Waals surface area contributed by atoms with Crippen LogP contribution in [0, 0.1) is 11.3 Å². The van der Waals surface area contributed by atoms with Crippen molar-refractivity contribution >= 4 is 29.4 Å². The van der Waals surface area contributed by atoms with Gasteiger partial charge in [0.2, 0.25) is 0 Å². The summed E-state index contributed by atoms with van der Waals surface area (Å²) in [4.78, 5) is 39.5. The molecule has 0 aliphatic carbocycles. The molecule has 3 atom stereocenters. The monoisotopic (exact) mass is 479 g/mol. The van der Waals surface area contributed by atoms with E-state index in [1.165, 1.54) is 25.7 Å². The van der Waals surface area contributed by atoms with E-state index in [9.17, 15) is 9.59 Å². The zero-order valence-electron chi connectivity index (χ0n) is 20.2. The molecule has 2 saturated heterocycles. The molecule has 0 aromatic carbocycles. The number of nitriles is 1. The highest BCUT2D eigenvalue weighted by Crippen LogP contribution is 2.38. The van der Waals surface area contributed by atoms with E-state index in [2.05, 4.69) is 25.6 Å². The van der Waals surface area contributed by atoms with Crippen LogP contribution in [0.1, 0.15) is 62.5 Å². The third-order valence-corrected chi connectivity index (χ3v) is 6.03. The van der Waals surface area contributed by atoms with Gasteiger partial charge in [-0.05, 0) is 46.5 Å². The average molecular weight is 480 g/mol. The normalized spacial score (nSPS) is 21.1. The topological polar surface area (TPSA) is 142 Å². The van der Waals surface area contributed by atoms with Gasteiger partial charge in [0, 0.05) is 30.4 Å². The van der Waals surface area contributed by atoms with Crippen molar-refractivity contribution in [2.45, 2.75) is 70.2 Å². The number of aromatic nitrogens is 3. The van der Waals surface area contributed by atoms with Gasteiger partial charge < -0.3 is 25.0 Å². The summed E-state index contributed by atoms with van der Waals surface area (Å²) in [6.45, 7) is 5.61. The van der Waals surface area contributed by atoms with E-state index >= 15 is 0 Å². The van der Waals surface area contributed by atoms with Crippen LogP contribution in [0.15, 0.2) is 24.7 Å². The molecule has 2 aromatic heterocycles. The number of ether oxygens (including phenoxy) is 2. The smallest absolute Gasteiger partial charge is 0.410 e. The quantitative estimate of drug-likeness (QED) is 0.610. The number of hydrogen-bond donors (Lipinski definition) is 2. The molecular formula is C24H29N7O4. The summed E-state index contributed by atoms with van der Waals surface area (Å²) in [6.07, 6.45) is 7.30. The molecule has 0 saturated carbocycles. The van der Waals surface area contributed by atoms with Gasteiger partial charge in [0.15, 0.2) is 5.69 Å². The van der Waals surface area contributed by atoms with Gasteiger partial charge in [0.05, 0.1) is 25.2 Å². The first kappa shape index (κ1) is 24.2. The summed E-state index contributed by atoms with van der Waals surface area (Å²) in [5, 5.41) is 15.4. The average Bonchev–Trinajstić information content (AvgIpc) is 3.09. The molecule has 35 heavy (non-hydrogen) atoms. The van der Waals surface area contributed by atoms with Gasteiger partial charge in [-0.15, -0.1) is 0 Å². The van der Waals surface area contributed by atoms with Crippen LogP contribution in [-0.4, -0.2) is 62.8 Å². The maximum Gasteiger partial charge on any atom is 0.410 e. The minimum atomic E-state index is -0.541. The second kappa shape index (κ2) is 9.74. The summed E-state index contributed by atoms with van der Waals surface area (Å²) in [5.41, 5.74) is 0.553. The highest BCUT2D eigenvalue weighted by atomic mass is 16.6. The molecular weight excluding hydrogens is 450 g/mol. The number of fused-ring (bicyclic) bond motifs is 2. The first-order valence-electron chi connectivity index (χ1n) is 11.5. The molecule has 4 heterocycles. The van der Waals surface area contributed by atoms with Crippen molar-refractivity contribution in [3.05, 3.63) is 35.9 Å². The molecule has 4 rings (SSSR count). The van der Waals surface area contributed by atoms with E-state index in [1.54, 1.807) is 6.07 Å². The Morgan fingerprint density at radius 1 is 1.09 bits per heavy atom. The Bertz CT molecular complexity index is 1130. The molecule has 2 N–H and O–H groups in total. The number of piperidine rings is 1. The number of anilines is 3. The van der Waals surface area contributed by atoms with Gasteiger partial charge in [0.25, 0.3) is 0 Å². The van der Waals surface area contributed by atoms with Crippen LogP contribution in [0.25, 0.3) is 0 Å². The Morgan fingerprint density at radius 3 is 2.34 bits per heavy atom. The van der Waals surface area contributed by atoms with E-state index in [1.807, 2.05) is 31.7 Å². The highest BCUT2D eigenvalue weighted by Gasteiger charge is 2.45. The zero-order valence-corrected chi connectivity index (χ0v) is 20.2. The predicted molar refractivity (Wildman–Crippen MR) is 127 cm³/mol. The van der Waals surface area contributed by atoms with E-state index < -0.39 is 11.6 Å². The molecule has 2 aromatic rings.